The lowest BCUT2D eigenvalue weighted by molar-refractivity contribution is -0.245. The van der Waals surface area contributed by atoms with Crippen molar-refractivity contribution in [1.29, 1.82) is 0 Å². The van der Waals surface area contributed by atoms with Gasteiger partial charge in [0.05, 0.1) is 24.4 Å². The maximum Gasteiger partial charge on any atom is 0.338 e. The molecule has 1 aromatic heterocycles. The molecule has 1 aliphatic rings. The predicted molar refractivity (Wildman–Crippen MR) is 139 cm³/mol. The van der Waals surface area contributed by atoms with Crippen LogP contribution in [0.15, 0.2) is 71.9 Å². The summed E-state index contributed by atoms with van der Waals surface area (Å²) in [7, 11) is 0. The van der Waals surface area contributed by atoms with Gasteiger partial charge in [0.2, 0.25) is 0 Å². The number of aliphatic hydroxyl groups is 1. The molecule has 0 aliphatic carbocycles. The van der Waals surface area contributed by atoms with Crippen LogP contribution < -0.4 is 10.6 Å². The molecule has 3 unspecified atom stereocenters. The summed E-state index contributed by atoms with van der Waals surface area (Å²) in [6, 6.07) is 17.7. The van der Waals surface area contributed by atoms with Crippen LogP contribution in [0.3, 0.4) is 0 Å². The Morgan fingerprint density at radius 3 is 2.62 bits per heavy atom. The van der Waals surface area contributed by atoms with Gasteiger partial charge < -0.3 is 30.3 Å². The third kappa shape index (κ3) is 7.07. The number of urea groups is 1. The zero-order chi connectivity index (χ0) is 26.2. The standard InChI is InChI=1S/C27H29N3O6S/c1-2-28-27(34)30-20-6-3-5-19(13-20)26-35-21(16-37-24-22(25(32)33)7-4-12-29-24)14-23(36-26)18-10-8-17(15-31)9-11-18/h3-13,21,23,26,31H,2,14-16H2,1H3,(H,32,33)(H2,28,30,34). The number of aromatic carboxylic acids is 1. The molecule has 4 N–H and O–H groups in total. The van der Waals surface area contributed by atoms with Crippen LogP contribution in [0.2, 0.25) is 0 Å². The number of carbonyl (C=O) groups excluding carboxylic acids is 1. The number of carboxylic acids is 1. The number of aromatic nitrogens is 1. The normalized spacial score (nSPS) is 19.2. The van der Waals surface area contributed by atoms with Crippen molar-refractivity contribution >= 4 is 29.4 Å². The topological polar surface area (TPSA) is 130 Å². The number of carbonyl (C=O) groups is 2. The number of ether oxygens (including phenoxy) is 2. The maximum atomic E-state index is 12.0. The molecule has 9 nitrogen and oxygen atoms in total. The Labute approximate surface area is 219 Å². The first-order valence-corrected chi connectivity index (χ1v) is 12.9. The van der Waals surface area contributed by atoms with Gasteiger partial charge in [0.1, 0.15) is 5.03 Å². The number of hydrogen-bond acceptors (Lipinski definition) is 7. The largest absolute Gasteiger partial charge is 0.478 e. The molecule has 2 amide bonds. The molecule has 2 heterocycles. The van der Waals surface area contributed by atoms with E-state index in [1.807, 2.05) is 49.4 Å². The highest BCUT2D eigenvalue weighted by Gasteiger charge is 2.32. The van der Waals surface area contributed by atoms with Crippen molar-refractivity contribution in [1.82, 2.24) is 10.3 Å². The highest BCUT2D eigenvalue weighted by molar-refractivity contribution is 7.99. The average molecular weight is 524 g/mol. The van der Waals surface area contributed by atoms with E-state index in [2.05, 4.69) is 15.6 Å². The van der Waals surface area contributed by atoms with Crippen LogP contribution in [0, 0.1) is 0 Å². The molecule has 1 saturated heterocycles. The molecular formula is C27H29N3O6S. The van der Waals surface area contributed by atoms with E-state index in [4.69, 9.17) is 9.47 Å². The van der Waals surface area contributed by atoms with E-state index in [0.717, 1.165) is 16.7 Å². The SMILES string of the molecule is CCNC(=O)Nc1cccc(C2OC(CSc3ncccc3C(=O)O)CC(c3ccc(CO)cc3)O2)c1. The molecular weight excluding hydrogens is 494 g/mol. The summed E-state index contributed by atoms with van der Waals surface area (Å²) in [6.07, 6.45) is 0.852. The monoisotopic (exact) mass is 523 g/mol. The molecule has 0 saturated carbocycles. The predicted octanol–water partition coefficient (Wildman–Crippen LogP) is 4.75. The summed E-state index contributed by atoms with van der Waals surface area (Å²) in [4.78, 5) is 27.8. The van der Waals surface area contributed by atoms with Gasteiger partial charge in [0, 0.05) is 36.2 Å². The van der Waals surface area contributed by atoms with Gasteiger partial charge in [0.15, 0.2) is 6.29 Å². The van der Waals surface area contributed by atoms with Gasteiger partial charge in [-0.15, -0.1) is 11.8 Å². The van der Waals surface area contributed by atoms with Crippen LogP contribution in [0.25, 0.3) is 0 Å². The number of nitrogens with one attached hydrogen (secondary N) is 2. The lowest BCUT2D eigenvalue weighted by Crippen LogP contribution is -2.31. The van der Waals surface area contributed by atoms with E-state index in [-0.39, 0.29) is 30.4 Å². The molecule has 1 aliphatic heterocycles. The second kappa shape index (κ2) is 12.7. The van der Waals surface area contributed by atoms with Crippen LogP contribution in [-0.2, 0) is 16.1 Å². The fourth-order valence-corrected chi connectivity index (χ4v) is 4.97. The van der Waals surface area contributed by atoms with Crippen molar-refractivity contribution in [2.45, 2.75) is 43.5 Å². The van der Waals surface area contributed by atoms with Gasteiger partial charge in [0.25, 0.3) is 0 Å². The molecule has 10 heteroatoms. The van der Waals surface area contributed by atoms with E-state index in [1.165, 1.54) is 17.8 Å². The number of thioether (sulfide) groups is 1. The fraction of sp³-hybridized carbons (Fsp3) is 0.296. The van der Waals surface area contributed by atoms with Gasteiger partial charge in [-0.05, 0) is 42.3 Å². The Morgan fingerprint density at radius 2 is 1.89 bits per heavy atom. The van der Waals surface area contributed by atoms with Crippen LogP contribution in [0.1, 0.15) is 52.8 Å². The van der Waals surface area contributed by atoms with Gasteiger partial charge in [-0.25, -0.2) is 14.6 Å². The van der Waals surface area contributed by atoms with Crippen LogP contribution >= 0.6 is 11.8 Å². The molecule has 0 radical (unpaired) electrons. The number of anilines is 1. The first-order valence-electron chi connectivity index (χ1n) is 11.9. The van der Waals surface area contributed by atoms with E-state index >= 15 is 0 Å². The molecule has 0 spiro atoms. The summed E-state index contributed by atoms with van der Waals surface area (Å²) in [5.74, 6) is -0.557. The number of benzene rings is 2. The van der Waals surface area contributed by atoms with Gasteiger partial charge in [-0.3, -0.25) is 0 Å². The number of pyridine rings is 1. The highest BCUT2D eigenvalue weighted by atomic mass is 32.2. The zero-order valence-corrected chi connectivity index (χ0v) is 21.1. The molecule has 0 bridgehead atoms. The van der Waals surface area contributed by atoms with E-state index in [1.54, 1.807) is 18.3 Å². The van der Waals surface area contributed by atoms with E-state index < -0.39 is 12.3 Å². The Morgan fingerprint density at radius 1 is 1.08 bits per heavy atom. The number of nitrogens with zero attached hydrogens (tertiary/aromatic N) is 1. The van der Waals surface area contributed by atoms with Crippen molar-refractivity contribution in [2.75, 3.05) is 17.6 Å². The van der Waals surface area contributed by atoms with Gasteiger partial charge in [-0.2, -0.15) is 0 Å². The quantitative estimate of drug-likeness (QED) is 0.296. The van der Waals surface area contributed by atoms with Crippen molar-refractivity contribution in [3.05, 3.63) is 89.1 Å². The van der Waals surface area contributed by atoms with Gasteiger partial charge in [-0.1, -0.05) is 36.4 Å². The summed E-state index contributed by atoms with van der Waals surface area (Å²) in [6.45, 7) is 2.31. The lowest BCUT2D eigenvalue weighted by Gasteiger charge is -2.36. The first-order chi connectivity index (χ1) is 18.0. The summed E-state index contributed by atoms with van der Waals surface area (Å²) < 4.78 is 12.7. The van der Waals surface area contributed by atoms with Crippen molar-refractivity contribution < 1.29 is 29.3 Å². The number of rotatable bonds is 9. The molecule has 4 rings (SSSR count). The average Bonchev–Trinajstić information content (AvgIpc) is 2.92. The van der Waals surface area contributed by atoms with Crippen LogP contribution in [0.5, 0.6) is 0 Å². The Kier molecular flexibility index (Phi) is 9.13. The Bertz CT molecular complexity index is 1220. The second-order valence-electron chi connectivity index (χ2n) is 8.43. The van der Waals surface area contributed by atoms with E-state index in [9.17, 15) is 19.8 Å². The third-order valence-corrected chi connectivity index (χ3v) is 6.91. The lowest BCUT2D eigenvalue weighted by atomic mass is 10.0. The molecule has 3 atom stereocenters. The minimum Gasteiger partial charge on any atom is -0.478 e. The Balaban J connectivity index is 1.56. The first kappa shape index (κ1) is 26.6. The molecule has 37 heavy (non-hydrogen) atoms. The van der Waals surface area contributed by atoms with Crippen molar-refractivity contribution in [3.8, 4) is 0 Å². The van der Waals surface area contributed by atoms with E-state index in [0.29, 0.717) is 29.4 Å². The van der Waals surface area contributed by atoms with Crippen LogP contribution in [0.4, 0.5) is 10.5 Å². The minimum atomic E-state index is -1.03. The van der Waals surface area contributed by atoms with Crippen molar-refractivity contribution in [3.63, 3.8) is 0 Å². The number of aliphatic hydroxyl groups excluding tert-OH is 1. The second-order valence-corrected chi connectivity index (χ2v) is 9.44. The summed E-state index contributed by atoms with van der Waals surface area (Å²) >= 11 is 1.33. The number of hydrogen-bond donors (Lipinski definition) is 4. The smallest absolute Gasteiger partial charge is 0.338 e. The summed E-state index contributed by atoms with van der Waals surface area (Å²) in [5, 5.41) is 24.8. The molecule has 2 aromatic carbocycles. The van der Waals surface area contributed by atoms with Crippen LogP contribution in [-0.4, -0.2) is 45.6 Å². The number of amides is 2. The third-order valence-electron chi connectivity index (χ3n) is 5.78. The maximum absolute atomic E-state index is 12.0. The molecule has 3 aromatic rings. The van der Waals surface area contributed by atoms with Crippen molar-refractivity contribution in [2.24, 2.45) is 0 Å². The Hall–Kier alpha value is -3.44. The highest BCUT2D eigenvalue weighted by Crippen LogP contribution is 2.40. The number of carboxylic acid groups (broad SMARTS) is 1. The summed E-state index contributed by atoms with van der Waals surface area (Å²) in [5.41, 5.74) is 3.25. The molecule has 1 fully saturated rings. The molecule has 194 valence electrons. The van der Waals surface area contributed by atoms with Gasteiger partial charge >= 0.3 is 12.0 Å². The fourth-order valence-electron chi connectivity index (χ4n) is 3.96. The zero-order valence-electron chi connectivity index (χ0n) is 20.3. The minimum absolute atomic E-state index is 0.0435.